The number of phenolic OH excluding ortho intramolecular Hbond substituents is 2. The normalized spacial score (nSPS) is 10.7. The quantitative estimate of drug-likeness (QED) is 0.200. The standard InChI is InChI=1S/C13H19N3O3S/c1-2-19-8-4-7-14-13(20)16-15-9-10-5-3-6-11(17)12(10)18/h3,5-6,9,17-18H,2,4,7-8H2,1H3,(H2,14,16,20)/b15-9+. The Balaban J connectivity index is 2.30. The lowest BCUT2D eigenvalue weighted by molar-refractivity contribution is 0.145. The van der Waals surface area contributed by atoms with Gasteiger partial charge in [0.15, 0.2) is 16.6 Å². The van der Waals surface area contributed by atoms with E-state index in [1.165, 1.54) is 12.3 Å². The summed E-state index contributed by atoms with van der Waals surface area (Å²) >= 11 is 5.02. The second-order valence-corrected chi connectivity index (χ2v) is 4.30. The molecule has 110 valence electrons. The number of hydrazone groups is 1. The zero-order valence-corrected chi connectivity index (χ0v) is 12.1. The maximum absolute atomic E-state index is 9.56. The summed E-state index contributed by atoms with van der Waals surface area (Å²) in [5.41, 5.74) is 3.02. The monoisotopic (exact) mass is 297 g/mol. The van der Waals surface area contributed by atoms with E-state index in [4.69, 9.17) is 17.0 Å². The van der Waals surface area contributed by atoms with Crippen molar-refractivity contribution in [3.63, 3.8) is 0 Å². The third kappa shape index (κ3) is 5.85. The molecule has 1 rings (SSSR count). The van der Waals surface area contributed by atoms with Crippen molar-refractivity contribution in [1.29, 1.82) is 0 Å². The maximum Gasteiger partial charge on any atom is 0.186 e. The third-order valence-corrected chi connectivity index (χ3v) is 2.61. The summed E-state index contributed by atoms with van der Waals surface area (Å²) in [7, 11) is 0. The van der Waals surface area contributed by atoms with Gasteiger partial charge in [0.2, 0.25) is 0 Å². The first-order valence-electron chi connectivity index (χ1n) is 6.30. The molecule has 0 saturated heterocycles. The first-order chi connectivity index (χ1) is 9.65. The van der Waals surface area contributed by atoms with Crippen LogP contribution in [-0.2, 0) is 4.74 Å². The Hall–Kier alpha value is -1.86. The largest absolute Gasteiger partial charge is 0.504 e. The number of benzene rings is 1. The molecular formula is C13H19N3O3S. The molecule has 0 saturated carbocycles. The highest BCUT2D eigenvalue weighted by molar-refractivity contribution is 7.80. The molecule has 20 heavy (non-hydrogen) atoms. The van der Waals surface area contributed by atoms with Gasteiger partial charge in [-0.2, -0.15) is 5.10 Å². The van der Waals surface area contributed by atoms with E-state index in [1.807, 2.05) is 6.92 Å². The molecule has 0 aromatic heterocycles. The number of phenols is 2. The number of thiocarbonyl (C=S) groups is 1. The Morgan fingerprint density at radius 1 is 1.45 bits per heavy atom. The number of rotatable bonds is 7. The molecule has 6 nitrogen and oxygen atoms in total. The smallest absolute Gasteiger partial charge is 0.186 e. The van der Waals surface area contributed by atoms with Crippen molar-refractivity contribution >= 4 is 23.5 Å². The van der Waals surface area contributed by atoms with Crippen LogP contribution in [0.15, 0.2) is 23.3 Å². The molecule has 0 amide bonds. The number of aromatic hydroxyl groups is 2. The second kappa shape index (κ2) is 9.11. The molecule has 0 aliphatic rings. The predicted molar refractivity (Wildman–Crippen MR) is 82.2 cm³/mol. The summed E-state index contributed by atoms with van der Waals surface area (Å²) in [5, 5.41) is 26.1. The summed E-state index contributed by atoms with van der Waals surface area (Å²) in [6.45, 7) is 4.04. The summed E-state index contributed by atoms with van der Waals surface area (Å²) in [6.07, 6.45) is 2.23. The van der Waals surface area contributed by atoms with Crippen LogP contribution in [0.4, 0.5) is 0 Å². The fourth-order valence-corrected chi connectivity index (χ4v) is 1.53. The lowest BCUT2D eigenvalue weighted by Gasteiger charge is -2.06. The number of nitrogens with one attached hydrogen (secondary N) is 2. The molecule has 1 aromatic carbocycles. The molecule has 0 aliphatic heterocycles. The molecular weight excluding hydrogens is 278 g/mol. The molecule has 0 unspecified atom stereocenters. The Labute approximate surface area is 123 Å². The Bertz CT molecular complexity index is 466. The van der Waals surface area contributed by atoms with Crippen molar-refractivity contribution in [2.45, 2.75) is 13.3 Å². The van der Waals surface area contributed by atoms with Crippen LogP contribution in [0.2, 0.25) is 0 Å². The van der Waals surface area contributed by atoms with Crippen LogP contribution in [0.5, 0.6) is 11.5 Å². The first kappa shape index (κ1) is 16.2. The van der Waals surface area contributed by atoms with E-state index in [2.05, 4.69) is 15.8 Å². The van der Waals surface area contributed by atoms with Crippen LogP contribution >= 0.6 is 12.2 Å². The number of para-hydroxylation sites is 1. The van der Waals surface area contributed by atoms with E-state index in [0.29, 0.717) is 30.4 Å². The zero-order valence-electron chi connectivity index (χ0n) is 11.3. The van der Waals surface area contributed by atoms with Crippen LogP contribution in [0, 0.1) is 0 Å². The molecule has 0 aliphatic carbocycles. The molecule has 7 heteroatoms. The van der Waals surface area contributed by atoms with Gasteiger partial charge < -0.3 is 20.3 Å². The van der Waals surface area contributed by atoms with Crippen molar-refractivity contribution in [2.24, 2.45) is 5.10 Å². The van der Waals surface area contributed by atoms with E-state index in [0.717, 1.165) is 6.42 Å². The minimum atomic E-state index is -0.214. The molecule has 0 heterocycles. The topological polar surface area (TPSA) is 86.1 Å². The lowest BCUT2D eigenvalue weighted by Crippen LogP contribution is -2.33. The van der Waals surface area contributed by atoms with Crippen molar-refractivity contribution in [1.82, 2.24) is 10.7 Å². The van der Waals surface area contributed by atoms with E-state index < -0.39 is 0 Å². The van der Waals surface area contributed by atoms with E-state index in [1.54, 1.807) is 12.1 Å². The van der Waals surface area contributed by atoms with Gasteiger partial charge in [0.05, 0.1) is 6.21 Å². The minimum absolute atomic E-state index is 0.189. The van der Waals surface area contributed by atoms with Crippen LogP contribution in [0.25, 0.3) is 0 Å². The molecule has 0 spiro atoms. The van der Waals surface area contributed by atoms with Gasteiger partial charge in [0.1, 0.15) is 0 Å². The predicted octanol–water partition coefficient (Wildman–Crippen LogP) is 1.32. The van der Waals surface area contributed by atoms with Crippen LogP contribution in [0.3, 0.4) is 0 Å². The number of hydrogen-bond donors (Lipinski definition) is 4. The van der Waals surface area contributed by atoms with Gasteiger partial charge in [0, 0.05) is 25.3 Å². The van der Waals surface area contributed by atoms with Crippen molar-refractivity contribution in [3.05, 3.63) is 23.8 Å². The molecule has 0 atom stereocenters. The summed E-state index contributed by atoms with van der Waals surface area (Å²) in [5.74, 6) is -0.404. The van der Waals surface area contributed by atoms with Gasteiger partial charge >= 0.3 is 0 Å². The molecule has 1 aromatic rings. The van der Waals surface area contributed by atoms with E-state index in [-0.39, 0.29) is 11.5 Å². The van der Waals surface area contributed by atoms with Gasteiger partial charge in [-0.25, -0.2) is 0 Å². The number of hydrogen-bond acceptors (Lipinski definition) is 5. The van der Waals surface area contributed by atoms with Gasteiger partial charge in [0.25, 0.3) is 0 Å². The Kier molecular flexibility index (Phi) is 7.38. The van der Waals surface area contributed by atoms with E-state index >= 15 is 0 Å². The Morgan fingerprint density at radius 3 is 3.00 bits per heavy atom. The van der Waals surface area contributed by atoms with Gasteiger partial charge in [-0.15, -0.1) is 0 Å². The highest BCUT2D eigenvalue weighted by atomic mass is 32.1. The summed E-state index contributed by atoms with van der Waals surface area (Å²) in [6, 6.07) is 4.63. The third-order valence-electron chi connectivity index (χ3n) is 2.37. The maximum atomic E-state index is 9.56. The van der Waals surface area contributed by atoms with Crippen molar-refractivity contribution in [2.75, 3.05) is 19.8 Å². The highest BCUT2D eigenvalue weighted by Crippen LogP contribution is 2.26. The molecule has 0 fully saturated rings. The first-order valence-corrected chi connectivity index (χ1v) is 6.71. The van der Waals surface area contributed by atoms with E-state index in [9.17, 15) is 10.2 Å². The SMILES string of the molecule is CCOCCCNC(=S)N/N=C/c1cccc(O)c1O. The van der Waals surface area contributed by atoms with Crippen LogP contribution < -0.4 is 10.7 Å². The Morgan fingerprint density at radius 2 is 2.25 bits per heavy atom. The summed E-state index contributed by atoms with van der Waals surface area (Å²) in [4.78, 5) is 0. The average molecular weight is 297 g/mol. The molecule has 0 radical (unpaired) electrons. The summed E-state index contributed by atoms with van der Waals surface area (Å²) < 4.78 is 5.19. The second-order valence-electron chi connectivity index (χ2n) is 3.89. The number of nitrogens with zero attached hydrogens (tertiary/aromatic N) is 1. The van der Waals surface area contributed by atoms with Crippen LogP contribution in [0.1, 0.15) is 18.9 Å². The van der Waals surface area contributed by atoms with Gasteiger partial charge in [-0.1, -0.05) is 6.07 Å². The minimum Gasteiger partial charge on any atom is -0.504 e. The van der Waals surface area contributed by atoms with Crippen molar-refractivity contribution in [3.8, 4) is 11.5 Å². The van der Waals surface area contributed by atoms with Gasteiger partial charge in [-0.05, 0) is 37.7 Å². The van der Waals surface area contributed by atoms with Crippen molar-refractivity contribution < 1.29 is 14.9 Å². The zero-order chi connectivity index (χ0) is 14.8. The molecule has 0 bridgehead atoms. The lowest BCUT2D eigenvalue weighted by atomic mass is 10.2. The fourth-order valence-electron chi connectivity index (χ4n) is 1.37. The fraction of sp³-hybridized carbons (Fsp3) is 0.385. The highest BCUT2D eigenvalue weighted by Gasteiger charge is 2.02. The average Bonchev–Trinajstić information content (AvgIpc) is 2.43. The number of ether oxygens (including phenoxy) is 1. The van der Waals surface area contributed by atoms with Gasteiger partial charge in [-0.3, -0.25) is 5.43 Å². The van der Waals surface area contributed by atoms with Crippen LogP contribution in [-0.4, -0.2) is 41.3 Å². The molecule has 4 N–H and O–H groups in total.